The fourth-order valence-electron chi connectivity index (χ4n) is 2.16. The fraction of sp³-hybridized carbons (Fsp3) is 0.727. The molecule has 0 spiro atoms. The van der Waals surface area contributed by atoms with Crippen molar-refractivity contribution in [3.05, 3.63) is 11.9 Å². The zero-order valence-corrected chi connectivity index (χ0v) is 11.2. The van der Waals surface area contributed by atoms with Crippen molar-refractivity contribution < 1.29 is 14.3 Å². The highest BCUT2D eigenvalue weighted by atomic mass is 16.5. The minimum absolute atomic E-state index is 0.104. The maximum absolute atomic E-state index is 12.3. The van der Waals surface area contributed by atoms with E-state index in [9.17, 15) is 4.79 Å². The molecule has 0 bridgehead atoms. The Kier molecular flexibility index (Phi) is 4.46. The number of ether oxygens (including phenoxy) is 2. The lowest BCUT2D eigenvalue weighted by molar-refractivity contribution is -0.00461. The Hall–Kier alpha value is -1.51. The second-order valence-electron chi connectivity index (χ2n) is 4.41. The van der Waals surface area contributed by atoms with Crippen molar-refractivity contribution in [2.45, 2.75) is 18.8 Å². The molecule has 1 saturated heterocycles. The van der Waals surface area contributed by atoms with E-state index >= 15 is 0 Å². The zero-order chi connectivity index (χ0) is 13.8. The molecule has 2 heterocycles. The van der Waals surface area contributed by atoms with Gasteiger partial charge in [-0.1, -0.05) is 5.21 Å². The summed E-state index contributed by atoms with van der Waals surface area (Å²) in [6.45, 7) is 2.00. The van der Waals surface area contributed by atoms with Crippen LogP contribution in [0.1, 0.15) is 10.5 Å². The van der Waals surface area contributed by atoms with Gasteiger partial charge in [-0.05, 0) is 0 Å². The number of nitrogens with two attached hydrogens (primary N) is 1. The molecule has 2 rings (SSSR count). The highest BCUT2D eigenvalue weighted by molar-refractivity contribution is 5.92. The van der Waals surface area contributed by atoms with Crippen LogP contribution in [0, 0.1) is 0 Å². The van der Waals surface area contributed by atoms with Gasteiger partial charge in [-0.25, -0.2) is 0 Å². The lowest BCUT2D eigenvalue weighted by Gasteiger charge is -2.13. The average Bonchev–Trinajstić information content (AvgIpc) is 3.04. The van der Waals surface area contributed by atoms with Crippen LogP contribution in [-0.4, -0.2) is 71.9 Å². The van der Waals surface area contributed by atoms with Gasteiger partial charge in [0, 0.05) is 33.9 Å². The Morgan fingerprint density at radius 1 is 1.42 bits per heavy atom. The van der Waals surface area contributed by atoms with Crippen LogP contribution in [-0.2, 0) is 16.0 Å². The van der Waals surface area contributed by atoms with Crippen LogP contribution < -0.4 is 5.73 Å². The van der Waals surface area contributed by atoms with Gasteiger partial charge >= 0.3 is 0 Å². The van der Waals surface area contributed by atoms with Gasteiger partial charge in [-0.3, -0.25) is 9.48 Å². The molecule has 1 aliphatic rings. The number of rotatable bonds is 5. The van der Waals surface area contributed by atoms with Crippen molar-refractivity contribution in [3.63, 3.8) is 0 Å². The van der Waals surface area contributed by atoms with Crippen LogP contribution in [0.25, 0.3) is 0 Å². The molecule has 1 aromatic heterocycles. The predicted molar refractivity (Wildman–Crippen MR) is 66.6 cm³/mol. The zero-order valence-electron chi connectivity index (χ0n) is 11.2. The van der Waals surface area contributed by atoms with Crippen LogP contribution in [0.4, 0.5) is 0 Å². The third-order valence-electron chi connectivity index (χ3n) is 3.22. The van der Waals surface area contributed by atoms with Gasteiger partial charge in [0.2, 0.25) is 0 Å². The first-order chi connectivity index (χ1) is 9.19. The summed E-state index contributed by atoms with van der Waals surface area (Å²) >= 11 is 0. The molecule has 0 aliphatic carbocycles. The van der Waals surface area contributed by atoms with E-state index in [1.807, 2.05) is 0 Å². The molecule has 0 radical (unpaired) electrons. The Labute approximate surface area is 111 Å². The van der Waals surface area contributed by atoms with Crippen molar-refractivity contribution in [3.8, 4) is 0 Å². The molecular weight excluding hydrogens is 250 g/mol. The summed E-state index contributed by atoms with van der Waals surface area (Å²) in [6, 6.07) is 0. The molecule has 8 nitrogen and oxygen atoms in total. The standard InChI is InChI=1S/C11H19N5O3/c1-18-9-6-15(7-10(9)19-2)11(17)8-5-16(4-3-12)14-13-8/h5,9-10H,3-4,6-7,12H2,1-2H3. The lowest BCUT2D eigenvalue weighted by atomic mass is 10.3. The molecule has 1 aromatic rings. The van der Waals surface area contributed by atoms with Crippen molar-refractivity contribution in [2.24, 2.45) is 5.73 Å². The minimum atomic E-state index is -0.162. The quantitative estimate of drug-likeness (QED) is 0.715. The SMILES string of the molecule is COC1CN(C(=O)c2cn(CCN)nn2)CC1OC. The molecule has 8 heteroatoms. The van der Waals surface area contributed by atoms with E-state index in [-0.39, 0.29) is 18.1 Å². The largest absolute Gasteiger partial charge is 0.377 e. The highest BCUT2D eigenvalue weighted by Gasteiger charge is 2.36. The summed E-state index contributed by atoms with van der Waals surface area (Å²) in [5.74, 6) is -0.162. The Morgan fingerprint density at radius 3 is 2.58 bits per heavy atom. The summed E-state index contributed by atoms with van der Waals surface area (Å²) in [5.41, 5.74) is 5.74. The smallest absolute Gasteiger partial charge is 0.276 e. The molecule has 106 valence electrons. The number of aromatic nitrogens is 3. The molecule has 2 atom stereocenters. The number of hydrogen-bond acceptors (Lipinski definition) is 6. The van der Waals surface area contributed by atoms with E-state index in [0.29, 0.717) is 31.9 Å². The second-order valence-corrected chi connectivity index (χ2v) is 4.41. The Balaban J connectivity index is 2.03. The summed E-state index contributed by atoms with van der Waals surface area (Å²) in [7, 11) is 3.23. The minimum Gasteiger partial charge on any atom is -0.377 e. The second kappa shape index (κ2) is 6.09. The summed E-state index contributed by atoms with van der Waals surface area (Å²) in [5, 5.41) is 7.72. The number of hydrogen-bond donors (Lipinski definition) is 1. The molecule has 2 N–H and O–H groups in total. The first-order valence-corrected chi connectivity index (χ1v) is 6.14. The Bertz CT molecular complexity index is 424. The number of carbonyl (C=O) groups is 1. The fourth-order valence-corrected chi connectivity index (χ4v) is 2.16. The molecule has 2 unspecified atom stereocenters. The van der Waals surface area contributed by atoms with Gasteiger partial charge in [0.1, 0.15) is 12.2 Å². The monoisotopic (exact) mass is 269 g/mol. The number of carbonyl (C=O) groups excluding carboxylic acids is 1. The average molecular weight is 269 g/mol. The van der Waals surface area contributed by atoms with Gasteiger partial charge in [0.25, 0.3) is 5.91 Å². The maximum Gasteiger partial charge on any atom is 0.276 e. The first-order valence-electron chi connectivity index (χ1n) is 6.14. The van der Waals surface area contributed by atoms with E-state index < -0.39 is 0 Å². The van der Waals surface area contributed by atoms with Crippen LogP contribution in [0.15, 0.2) is 6.20 Å². The Morgan fingerprint density at radius 2 is 2.05 bits per heavy atom. The van der Waals surface area contributed by atoms with Crippen LogP contribution in [0.2, 0.25) is 0 Å². The van der Waals surface area contributed by atoms with Gasteiger partial charge in [-0.2, -0.15) is 0 Å². The van der Waals surface area contributed by atoms with Gasteiger partial charge < -0.3 is 20.1 Å². The third-order valence-corrected chi connectivity index (χ3v) is 3.22. The van der Waals surface area contributed by atoms with Crippen molar-refractivity contribution in [2.75, 3.05) is 33.9 Å². The van der Waals surface area contributed by atoms with E-state index in [1.54, 1.807) is 30.0 Å². The molecular formula is C11H19N5O3. The molecule has 0 saturated carbocycles. The maximum atomic E-state index is 12.3. The van der Waals surface area contributed by atoms with Crippen LogP contribution in [0.5, 0.6) is 0 Å². The lowest BCUT2D eigenvalue weighted by Crippen LogP contribution is -2.30. The van der Waals surface area contributed by atoms with Crippen molar-refractivity contribution in [1.82, 2.24) is 19.9 Å². The van der Waals surface area contributed by atoms with Crippen LogP contribution >= 0.6 is 0 Å². The molecule has 1 amide bonds. The van der Waals surface area contributed by atoms with E-state index in [2.05, 4.69) is 10.3 Å². The van der Waals surface area contributed by atoms with E-state index in [1.165, 1.54) is 0 Å². The first kappa shape index (κ1) is 13.9. The number of amides is 1. The number of methoxy groups -OCH3 is 2. The van der Waals surface area contributed by atoms with Gasteiger partial charge in [0.15, 0.2) is 5.69 Å². The topological polar surface area (TPSA) is 95.5 Å². The van der Waals surface area contributed by atoms with Crippen molar-refractivity contribution >= 4 is 5.91 Å². The number of nitrogens with zero attached hydrogens (tertiary/aromatic N) is 4. The van der Waals surface area contributed by atoms with E-state index in [4.69, 9.17) is 15.2 Å². The van der Waals surface area contributed by atoms with Crippen LogP contribution in [0.3, 0.4) is 0 Å². The van der Waals surface area contributed by atoms with E-state index in [0.717, 1.165) is 0 Å². The van der Waals surface area contributed by atoms with Gasteiger partial charge in [0.05, 0.1) is 12.7 Å². The summed E-state index contributed by atoms with van der Waals surface area (Å²) in [4.78, 5) is 13.9. The normalized spacial score (nSPS) is 23.0. The highest BCUT2D eigenvalue weighted by Crippen LogP contribution is 2.17. The summed E-state index contributed by atoms with van der Waals surface area (Å²) in [6.07, 6.45) is 1.40. The number of likely N-dealkylation sites (tertiary alicyclic amines) is 1. The van der Waals surface area contributed by atoms with Gasteiger partial charge in [-0.15, -0.1) is 5.10 Å². The molecule has 0 aromatic carbocycles. The van der Waals surface area contributed by atoms with Crippen molar-refractivity contribution in [1.29, 1.82) is 0 Å². The summed E-state index contributed by atoms with van der Waals surface area (Å²) < 4.78 is 12.2. The third kappa shape index (κ3) is 2.91. The predicted octanol–water partition coefficient (Wildman–Crippen LogP) is -1.28. The molecule has 1 aliphatic heterocycles. The molecule has 1 fully saturated rings. The molecule has 19 heavy (non-hydrogen) atoms.